The first-order valence-corrected chi connectivity index (χ1v) is 6.93. The van der Waals surface area contributed by atoms with E-state index in [9.17, 15) is 5.11 Å². The van der Waals surface area contributed by atoms with E-state index in [-0.39, 0.29) is 5.41 Å². The molecule has 1 N–H and O–H groups in total. The highest BCUT2D eigenvalue weighted by atomic mass is 28.3. The minimum atomic E-state index is -1.07. The van der Waals surface area contributed by atoms with E-state index in [1.165, 1.54) is 0 Å². The topological polar surface area (TPSA) is 29.5 Å². The molecule has 0 aromatic carbocycles. The van der Waals surface area contributed by atoms with Gasteiger partial charge in [0.2, 0.25) is 0 Å². The molecule has 0 amide bonds. The van der Waals surface area contributed by atoms with E-state index in [4.69, 9.17) is 4.43 Å². The van der Waals surface area contributed by atoms with Gasteiger partial charge in [0.1, 0.15) is 6.29 Å². The summed E-state index contributed by atoms with van der Waals surface area (Å²) in [5.74, 6) is 0. The summed E-state index contributed by atoms with van der Waals surface area (Å²) in [6.45, 7) is 10.4. The summed E-state index contributed by atoms with van der Waals surface area (Å²) in [6, 6.07) is 0. The second-order valence-corrected chi connectivity index (χ2v) is 6.77. The van der Waals surface area contributed by atoms with Gasteiger partial charge in [0, 0.05) is 6.42 Å². The van der Waals surface area contributed by atoms with E-state index in [1.807, 2.05) is 0 Å². The van der Waals surface area contributed by atoms with Gasteiger partial charge < -0.3 is 9.53 Å². The van der Waals surface area contributed by atoms with Gasteiger partial charge in [-0.2, -0.15) is 0 Å². The van der Waals surface area contributed by atoms with Gasteiger partial charge in [-0.1, -0.05) is 20.8 Å². The Bertz CT molecular complexity index is 107. The van der Waals surface area contributed by atoms with Gasteiger partial charge in [0.05, 0.1) is 0 Å². The van der Waals surface area contributed by atoms with Crippen molar-refractivity contribution < 1.29 is 9.53 Å². The van der Waals surface area contributed by atoms with Crippen LogP contribution in [0.2, 0.25) is 13.1 Å². The smallest absolute Gasteiger partial charge is 0.174 e. The summed E-state index contributed by atoms with van der Waals surface area (Å²) >= 11 is 0. The zero-order chi connectivity index (χ0) is 9.07. The Morgan fingerprint density at radius 1 is 1.36 bits per heavy atom. The lowest BCUT2D eigenvalue weighted by Gasteiger charge is -2.23. The third-order valence-electron chi connectivity index (χ3n) is 1.22. The van der Waals surface area contributed by atoms with Crippen molar-refractivity contribution in [1.82, 2.24) is 0 Å². The Morgan fingerprint density at radius 2 is 1.82 bits per heavy atom. The molecule has 68 valence electrons. The second-order valence-electron chi connectivity index (χ2n) is 4.40. The molecule has 0 spiro atoms. The van der Waals surface area contributed by atoms with Crippen LogP contribution in [0, 0.1) is 5.41 Å². The predicted molar refractivity (Wildman–Crippen MR) is 50.0 cm³/mol. The summed E-state index contributed by atoms with van der Waals surface area (Å²) in [5, 5.41) is 9.37. The zero-order valence-electron chi connectivity index (χ0n) is 8.22. The normalized spacial score (nSPS) is 15.5. The van der Waals surface area contributed by atoms with Crippen LogP contribution < -0.4 is 0 Å². The fraction of sp³-hybridized carbons (Fsp3) is 1.00. The maximum absolute atomic E-state index is 9.37. The van der Waals surface area contributed by atoms with Gasteiger partial charge in [-0.25, -0.2) is 0 Å². The van der Waals surface area contributed by atoms with Crippen molar-refractivity contribution in [1.29, 1.82) is 0 Å². The van der Waals surface area contributed by atoms with E-state index in [0.29, 0.717) is 0 Å². The molecule has 0 aromatic rings. The summed E-state index contributed by atoms with van der Waals surface area (Å²) in [7, 11) is -1.07. The van der Waals surface area contributed by atoms with Gasteiger partial charge in [0.15, 0.2) is 9.04 Å². The van der Waals surface area contributed by atoms with Crippen molar-refractivity contribution in [2.75, 3.05) is 0 Å². The molecule has 0 rings (SSSR count). The van der Waals surface area contributed by atoms with Crippen LogP contribution in [-0.2, 0) is 4.43 Å². The molecule has 3 heteroatoms. The average molecular weight is 176 g/mol. The second kappa shape index (κ2) is 4.23. The van der Waals surface area contributed by atoms with Crippen LogP contribution in [-0.4, -0.2) is 20.4 Å². The van der Waals surface area contributed by atoms with E-state index in [2.05, 4.69) is 33.9 Å². The Balaban J connectivity index is 3.61. The van der Waals surface area contributed by atoms with Crippen LogP contribution in [0.25, 0.3) is 0 Å². The number of hydrogen-bond acceptors (Lipinski definition) is 2. The van der Waals surface area contributed by atoms with Crippen LogP contribution in [0.4, 0.5) is 0 Å². The molecule has 1 unspecified atom stereocenters. The molecule has 0 radical (unpaired) electrons. The molecule has 0 aromatic heterocycles. The highest BCUT2D eigenvalue weighted by Crippen LogP contribution is 2.21. The lowest BCUT2D eigenvalue weighted by Crippen LogP contribution is -2.25. The Kier molecular flexibility index (Phi) is 4.29. The van der Waals surface area contributed by atoms with Crippen molar-refractivity contribution >= 4 is 9.04 Å². The monoisotopic (exact) mass is 176 g/mol. The zero-order valence-corrected chi connectivity index (χ0v) is 9.37. The van der Waals surface area contributed by atoms with E-state index in [0.717, 1.165) is 6.42 Å². The highest BCUT2D eigenvalue weighted by molar-refractivity contribution is 6.48. The molecule has 0 heterocycles. The number of hydrogen-bond donors (Lipinski definition) is 1. The number of aliphatic hydroxyl groups is 1. The molecule has 0 aliphatic carbocycles. The van der Waals surface area contributed by atoms with Gasteiger partial charge in [0.25, 0.3) is 0 Å². The highest BCUT2D eigenvalue weighted by Gasteiger charge is 2.17. The Morgan fingerprint density at radius 3 is 2.09 bits per heavy atom. The van der Waals surface area contributed by atoms with E-state index < -0.39 is 15.3 Å². The van der Waals surface area contributed by atoms with E-state index >= 15 is 0 Å². The molecular weight excluding hydrogens is 156 g/mol. The number of aliphatic hydroxyl groups excluding tert-OH is 1. The van der Waals surface area contributed by atoms with Crippen LogP contribution >= 0.6 is 0 Å². The minimum Gasteiger partial charge on any atom is -0.396 e. The van der Waals surface area contributed by atoms with Gasteiger partial charge >= 0.3 is 0 Å². The van der Waals surface area contributed by atoms with Crippen molar-refractivity contribution in [3.8, 4) is 0 Å². The van der Waals surface area contributed by atoms with Gasteiger partial charge in [-0.3, -0.25) is 0 Å². The van der Waals surface area contributed by atoms with Gasteiger partial charge in [-0.15, -0.1) is 0 Å². The van der Waals surface area contributed by atoms with Gasteiger partial charge in [-0.05, 0) is 18.5 Å². The SMILES string of the molecule is C[SiH](C)OC(O)CC(C)(C)C. The maximum atomic E-state index is 9.37. The lowest BCUT2D eigenvalue weighted by molar-refractivity contribution is -0.0458. The molecule has 0 saturated heterocycles. The molecule has 1 atom stereocenters. The first kappa shape index (κ1) is 11.1. The maximum Gasteiger partial charge on any atom is 0.174 e. The van der Waals surface area contributed by atoms with Crippen LogP contribution in [0.1, 0.15) is 27.2 Å². The van der Waals surface area contributed by atoms with Crippen molar-refractivity contribution in [3.63, 3.8) is 0 Å². The van der Waals surface area contributed by atoms with Crippen molar-refractivity contribution in [2.24, 2.45) is 5.41 Å². The Hall–Kier alpha value is 0.137. The summed E-state index contributed by atoms with van der Waals surface area (Å²) in [5.41, 5.74) is 0.155. The molecule has 2 nitrogen and oxygen atoms in total. The van der Waals surface area contributed by atoms with Crippen LogP contribution in [0.15, 0.2) is 0 Å². The Labute approximate surface area is 71.3 Å². The molecule has 0 bridgehead atoms. The first-order valence-electron chi connectivity index (χ1n) is 4.15. The fourth-order valence-electron chi connectivity index (χ4n) is 0.886. The molecular formula is C8H20O2Si. The first-order chi connectivity index (χ1) is 4.81. The third kappa shape index (κ3) is 8.04. The average Bonchev–Trinajstić information content (AvgIpc) is 1.53. The lowest BCUT2D eigenvalue weighted by atomic mass is 9.92. The molecule has 0 aliphatic heterocycles. The molecule has 0 aliphatic rings. The van der Waals surface area contributed by atoms with Crippen molar-refractivity contribution in [2.45, 2.75) is 46.6 Å². The standard InChI is InChI=1S/C8H20O2Si/c1-8(2,3)6-7(9)10-11(4)5/h7,9,11H,6H2,1-5H3. The molecule has 0 fully saturated rings. The molecule has 11 heavy (non-hydrogen) atoms. The number of rotatable bonds is 3. The largest absolute Gasteiger partial charge is 0.396 e. The molecule has 0 saturated carbocycles. The summed E-state index contributed by atoms with van der Waals surface area (Å²) < 4.78 is 5.32. The van der Waals surface area contributed by atoms with E-state index in [1.54, 1.807) is 0 Å². The quantitative estimate of drug-likeness (QED) is 0.524. The fourth-order valence-corrected chi connectivity index (χ4v) is 1.61. The van der Waals surface area contributed by atoms with Crippen LogP contribution in [0.3, 0.4) is 0 Å². The van der Waals surface area contributed by atoms with Crippen LogP contribution in [0.5, 0.6) is 0 Å². The van der Waals surface area contributed by atoms with Crippen molar-refractivity contribution in [3.05, 3.63) is 0 Å². The summed E-state index contributed by atoms with van der Waals surface area (Å²) in [4.78, 5) is 0. The summed E-state index contributed by atoms with van der Waals surface area (Å²) in [6.07, 6.45) is 0.166. The third-order valence-corrected chi connectivity index (χ3v) is 2.07. The predicted octanol–water partition coefficient (Wildman–Crippen LogP) is 1.74. The minimum absolute atomic E-state index is 0.155.